The van der Waals surface area contributed by atoms with Gasteiger partial charge in [-0.05, 0) is 31.1 Å². The highest BCUT2D eigenvalue weighted by molar-refractivity contribution is 4.87. The molecule has 0 bridgehead atoms. The summed E-state index contributed by atoms with van der Waals surface area (Å²) in [5, 5.41) is 19.2. The maximum Gasteiger partial charge on any atom is 0.0827 e. The second-order valence-corrected chi connectivity index (χ2v) is 4.43. The van der Waals surface area contributed by atoms with E-state index in [1.807, 2.05) is 0 Å². The summed E-state index contributed by atoms with van der Waals surface area (Å²) >= 11 is 0. The zero-order valence-electron chi connectivity index (χ0n) is 7.45. The molecule has 0 aromatic heterocycles. The van der Waals surface area contributed by atoms with Gasteiger partial charge >= 0.3 is 0 Å². The van der Waals surface area contributed by atoms with Crippen LogP contribution in [0.5, 0.6) is 0 Å². The first kappa shape index (κ1) is 8.52. The molecular weight excluding hydrogens is 152 g/mol. The highest BCUT2D eigenvalue weighted by Crippen LogP contribution is 2.37. The fourth-order valence-electron chi connectivity index (χ4n) is 1.96. The first-order valence-corrected chi connectivity index (χ1v) is 5.13. The van der Waals surface area contributed by atoms with Crippen LogP contribution in [-0.4, -0.2) is 22.4 Å². The molecule has 2 saturated carbocycles. The van der Waals surface area contributed by atoms with Gasteiger partial charge in [-0.25, -0.2) is 0 Å². The van der Waals surface area contributed by atoms with Crippen molar-refractivity contribution in [1.29, 1.82) is 0 Å². The fourth-order valence-corrected chi connectivity index (χ4v) is 1.96. The normalized spacial score (nSPS) is 29.5. The SMILES string of the molecule is OC(CC1CCC1)C(O)C1CC1. The topological polar surface area (TPSA) is 40.5 Å². The first-order chi connectivity index (χ1) is 5.77. The van der Waals surface area contributed by atoms with Gasteiger partial charge in [-0.3, -0.25) is 0 Å². The van der Waals surface area contributed by atoms with Crippen LogP contribution >= 0.6 is 0 Å². The van der Waals surface area contributed by atoms with E-state index < -0.39 is 12.2 Å². The smallest absolute Gasteiger partial charge is 0.0827 e. The molecule has 0 saturated heterocycles. The van der Waals surface area contributed by atoms with Gasteiger partial charge in [-0.15, -0.1) is 0 Å². The van der Waals surface area contributed by atoms with Crippen molar-refractivity contribution < 1.29 is 10.2 Å². The van der Waals surface area contributed by atoms with Crippen LogP contribution in [0.2, 0.25) is 0 Å². The van der Waals surface area contributed by atoms with E-state index in [-0.39, 0.29) is 0 Å². The van der Waals surface area contributed by atoms with Crippen LogP contribution in [0.4, 0.5) is 0 Å². The molecule has 0 amide bonds. The molecule has 0 aromatic carbocycles. The van der Waals surface area contributed by atoms with Crippen LogP contribution in [0.25, 0.3) is 0 Å². The minimum atomic E-state index is -0.442. The van der Waals surface area contributed by atoms with Gasteiger partial charge in [0.15, 0.2) is 0 Å². The van der Waals surface area contributed by atoms with Gasteiger partial charge in [-0.2, -0.15) is 0 Å². The Morgan fingerprint density at radius 2 is 1.75 bits per heavy atom. The van der Waals surface area contributed by atoms with Crippen molar-refractivity contribution in [3.8, 4) is 0 Å². The Balaban J connectivity index is 1.70. The minimum absolute atomic E-state index is 0.417. The highest BCUT2D eigenvalue weighted by atomic mass is 16.3. The van der Waals surface area contributed by atoms with E-state index in [4.69, 9.17) is 0 Å². The lowest BCUT2D eigenvalue weighted by Gasteiger charge is -2.29. The summed E-state index contributed by atoms with van der Waals surface area (Å²) in [6, 6.07) is 0. The zero-order valence-corrected chi connectivity index (χ0v) is 7.45. The second kappa shape index (κ2) is 3.35. The predicted octanol–water partition coefficient (Wildman–Crippen LogP) is 1.31. The lowest BCUT2D eigenvalue weighted by atomic mass is 9.80. The second-order valence-electron chi connectivity index (χ2n) is 4.43. The summed E-state index contributed by atoms with van der Waals surface area (Å²) in [6.45, 7) is 0. The van der Waals surface area contributed by atoms with Crippen LogP contribution in [0.3, 0.4) is 0 Å². The molecule has 0 aromatic rings. The predicted molar refractivity (Wildman–Crippen MR) is 46.7 cm³/mol. The molecular formula is C10H18O2. The lowest BCUT2D eigenvalue weighted by Crippen LogP contribution is -2.31. The molecule has 2 fully saturated rings. The minimum Gasteiger partial charge on any atom is -0.390 e. The molecule has 0 heterocycles. The molecule has 2 N–H and O–H groups in total. The largest absolute Gasteiger partial charge is 0.390 e. The lowest BCUT2D eigenvalue weighted by molar-refractivity contribution is -0.0141. The van der Waals surface area contributed by atoms with Crippen molar-refractivity contribution in [2.45, 2.75) is 50.7 Å². The molecule has 0 radical (unpaired) electrons. The molecule has 2 heteroatoms. The quantitative estimate of drug-likeness (QED) is 0.668. The van der Waals surface area contributed by atoms with Crippen LogP contribution in [0.1, 0.15) is 38.5 Å². The monoisotopic (exact) mass is 170 g/mol. The Morgan fingerprint density at radius 1 is 1.08 bits per heavy atom. The summed E-state index contributed by atoms with van der Waals surface area (Å²) in [5.74, 6) is 1.12. The van der Waals surface area contributed by atoms with Gasteiger partial charge in [0, 0.05) is 0 Å². The van der Waals surface area contributed by atoms with Crippen molar-refractivity contribution in [2.24, 2.45) is 11.8 Å². The summed E-state index contributed by atoms with van der Waals surface area (Å²) in [7, 11) is 0. The van der Waals surface area contributed by atoms with E-state index in [0.29, 0.717) is 11.8 Å². The summed E-state index contributed by atoms with van der Waals surface area (Å²) in [6.07, 6.45) is 6.02. The van der Waals surface area contributed by atoms with E-state index in [9.17, 15) is 10.2 Å². The summed E-state index contributed by atoms with van der Waals surface area (Å²) < 4.78 is 0. The van der Waals surface area contributed by atoms with Crippen molar-refractivity contribution >= 4 is 0 Å². The van der Waals surface area contributed by atoms with Crippen LogP contribution in [-0.2, 0) is 0 Å². The highest BCUT2D eigenvalue weighted by Gasteiger charge is 2.35. The summed E-state index contributed by atoms with van der Waals surface area (Å²) in [4.78, 5) is 0. The number of hydrogen-bond donors (Lipinski definition) is 2. The third-order valence-electron chi connectivity index (χ3n) is 3.30. The van der Waals surface area contributed by atoms with Crippen molar-refractivity contribution in [2.75, 3.05) is 0 Å². The number of rotatable bonds is 4. The zero-order chi connectivity index (χ0) is 8.55. The Morgan fingerprint density at radius 3 is 2.17 bits per heavy atom. The Labute approximate surface area is 73.6 Å². The number of aliphatic hydroxyl groups is 2. The molecule has 12 heavy (non-hydrogen) atoms. The third-order valence-corrected chi connectivity index (χ3v) is 3.30. The maximum absolute atomic E-state index is 9.61. The molecule has 2 nitrogen and oxygen atoms in total. The standard InChI is InChI=1S/C10H18O2/c11-9(6-7-2-1-3-7)10(12)8-4-5-8/h7-12H,1-6H2. The Kier molecular flexibility index (Phi) is 2.37. The van der Waals surface area contributed by atoms with Crippen LogP contribution in [0, 0.1) is 11.8 Å². The van der Waals surface area contributed by atoms with Crippen molar-refractivity contribution in [3.05, 3.63) is 0 Å². The molecule has 70 valence electrons. The molecule has 2 unspecified atom stereocenters. The van der Waals surface area contributed by atoms with Crippen LogP contribution < -0.4 is 0 Å². The van der Waals surface area contributed by atoms with Crippen molar-refractivity contribution in [3.63, 3.8) is 0 Å². The molecule has 0 spiro atoms. The maximum atomic E-state index is 9.61. The molecule has 2 rings (SSSR count). The Bertz CT molecular complexity index is 150. The van der Waals surface area contributed by atoms with E-state index in [1.165, 1.54) is 19.3 Å². The van der Waals surface area contributed by atoms with Gasteiger partial charge in [0.05, 0.1) is 12.2 Å². The van der Waals surface area contributed by atoms with Crippen LogP contribution in [0.15, 0.2) is 0 Å². The fraction of sp³-hybridized carbons (Fsp3) is 1.00. The van der Waals surface area contributed by atoms with E-state index in [0.717, 1.165) is 19.3 Å². The average Bonchev–Trinajstić information content (AvgIpc) is 2.77. The van der Waals surface area contributed by atoms with E-state index in [2.05, 4.69) is 0 Å². The molecule has 2 aliphatic carbocycles. The summed E-state index contributed by atoms with van der Waals surface area (Å²) in [5.41, 5.74) is 0. The number of aliphatic hydroxyl groups excluding tert-OH is 2. The Hall–Kier alpha value is -0.0800. The van der Waals surface area contributed by atoms with Gasteiger partial charge in [-0.1, -0.05) is 19.3 Å². The van der Waals surface area contributed by atoms with Gasteiger partial charge in [0.2, 0.25) is 0 Å². The van der Waals surface area contributed by atoms with E-state index >= 15 is 0 Å². The van der Waals surface area contributed by atoms with Crippen molar-refractivity contribution in [1.82, 2.24) is 0 Å². The molecule has 2 aliphatic rings. The van der Waals surface area contributed by atoms with Gasteiger partial charge < -0.3 is 10.2 Å². The average molecular weight is 170 g/mol. The molecule has 0 aliphatic heterocycles. The van der Waals surface area contributed by atoms with Gasteiger partial charge in [0.1, 0.15) is 0 Å². The van der Waals surface area contributed by atoms with E-state index in [1.54, 1.807) is 0 Å². The number of hydrogen-bond acceptors (Lipinski definition) is 2. The van der Waals surface area contributed by atoms with Gasteiger partial charge in [0.25, 0.3) is 0 Å². The first-order valence-electron chi connectivity index (χ1n) is 5.13. The third kappa shape index (κ3) is 1.80. The molecule has 2 atom stereocenters.